The summed E-state index contributed by atoms with van der Waals surface area (Å²) in [6.07, 6.45) is 0. The van der Waals surface area contributed by atoms with Crippen LogP contribution in [0.5, 0.6) is 5.75 Å². The van der Waals surface area contributed by atoms with Gasteiger partial charge < -0.3 is 0 Å². The molecule has 0 spiro atoms. The van der Waals surface area contributed by atoms with Gasteiger partial charge in [-0.2, -0.15) is 0 Å². The van der Waals surface area contributed by atoms with Gasteiger partial charge in [-0.15, -0.1) is 0 Å². The van der Waals surface area contributed by atoms with Crippen LogP contribution in [0.3, 0.4) is 0 Å². The van der Waals surface area contributed by atoms with Crippen molar-refractivity contribution in [3.05, 3.63) is 23.8 Å². The van der Waals surface area contributed by atoms with E-state index in [4.69, 9.17) is 0 Å². The van der Waals surface area contributed by atoms with Crippen LogP contribution in [0.15, 0.2) is 17.0 Å². The largest absolute Gasteiger partial charge is 0.315 e. The lowest BCUT2D eigenvalue weighted by molar-refractivity contribution is -0.00711. The Morgan fingerprint density at radius 1 is 0.875 bits per heavy atom. The van der Waals surface area contributed by atoms with E-state index in [9.17, 15) is 32.7 Å². The second kappa shape index (κ2) is 2.73. The monoisotopic (exact) mass is 274 g/mol. The summed E-state index contributed by atoms with van der Waals surface area (Å²) < 4.78 is 97.1. The lowest BCUT2D eigenvalue weighted by Crippen LogP contribution is -2.11. The Bertz CT molecular complexity index is 414. The van der Waals surface area contributed by atoms with E-state index >= 15 is 0 Å². The predicted molar refractivity (Wildman–Crippen MR) is 39.5 cm³/mol. The lowest BCUT2D eigenvalue weighted by Gasteiger charge is -2.40. The summed E-state index contributed by atoms with van der Waals surface area (Å²) >= 11 is 0. The molecule has 1 rings (SSSR count). The van der Waals surface area contributed by atoms with E-state index in [-0.39, 0.29) is 12.1 Å². The van der Waals surface area contributed by atoms with E-state index in [1.54, 1.807) is 0 Å². The van der Waals surface area contributed by atoms with Gasteiger partial charge in [0, 0.05) is 16.7 Å². The summed E-state index contributed by atoms with van der Waals surface area (Å²) in [7, 11) is -10.5. The van der Waals surface area contributed by atoms with Crippen LogP contribution in [0.4, 0.5) is 32.7 Å². The first kappa shape index (κ1) is 12.9. The van der Waals surface area contributed by atoms with Gasteiger partial charge in [0.1, 0.15) is 0 Å². The van der Waals surface area contributed by atoms with Crippen molar-refractivity contribution >= 4 is 10.2 Å². The van der Waals surface area contributed by atoms with Crippen molar-refractivity contribution in [1.82, 2.24) is 0 Å². The van der Waals surface area contributed by atoms with Crippen LogP contribution in [0, 0.1) is 11.6 Å². The Hall–Kier alpha value is -1.19. The van der Waals surface area contributed by atoms with Gasteiger partial charge in [0.25, 0.3) is 0 Å². The molecule has 0 aromatic heterocycles. The average Bonchev–Trinajstić information content (AvgIpc) is 1.96. The average molecular weight is 274 g/mol. The molecule has 0 saturated carbocycles. The molecule has 0 aliphatic carbocycles. The fourth-order valence-corrected chi connectivity index (χ4v) is 1.80. The zero-order valence-corrected chi connectivity index (χ0v) is 7.81. The maximum absolute atomic E-state index is 12.6. The van der Waals surface area contributed by atoms with Gasteiger partial charge in [-0.3, -0.25) is 4.94 Å². The summed E-state index contributed by atoms with van der Waals surface area (Å²) in [5, 5.41) is 0. The molecule has 0 saturated heterocycles. The molecule has 0 fully saturated rings. The van der Waals surface area contributed by atoms with Gasteiger partial charge in [-0.25, -0.2) is 8.78 Å². The zero-order chi connectivity index (χ0) is 12.8. The van der Waals surface area contributed by atoms with Gasteiger partial charge in [-0.05, 0) is 0 Å². The maximum atomic E-state index is 12.6. The van der Waals surface area contributed by atoms with Crippen LogP contribution >= 0.6 is 10.2 Å². The number of rotatable bonds is 2. The van der Waals surface area contributed by atoms with Crippen LogP contribution in [0.25, 0.3) is 0 Å². The molecule has 0 aliphatic heterocycles. The van der Waals surface area contributed by atoms with Gasteiger partial charge in [0.2, 0.25) is 0 Å². The first-order chi connectivity index (χ1) is 6.85. The Kier molecular flexibility index (Phi) is 2.20. The van der Waals surface area contributed by atoms with Gasteiger partial charge >= 0.3 is 10.2 Å². The van der Waals surface area contributed by atoms with Crippen LogP contribution in [-0.2, 0) is 0 Å². The second-order valence-electron chi connectivity index (χ2n) is 2.76. The summed E-state index contributed by atoms with van der Waals surface area (Å²) in [5.41, 5.74) is 0. The molecule has 16 heavy (non-hydrogen) atoms. The van der Waals surface area contributed by atoms with Gasteiger partial charge in [-0.1, -0.05) is 19.4 Å². The molecular weight excluding hydrogens is 272 g/mol. The first-order valence-electron chi connectivity index (χ1n) is 3.37. The highest BCUT2D eigenvalue weighted by molar-refractivity contribution is 8.45. The number of benzene rings is 1. The third-order valence-electron chi connectivity index (χ3n) is 1.45. The maximum Gasteiger partial charge on any atom is 0.315 e. The third kappa shape index (κ3) is 2.49. The SMILES string of the molecule is FOc1cc(F)c(S(F)(F)(F)(F)F)c(F)c1. The van der Waals surface area contributed by atoms with Crippen LogP contribution in [-0.4, -0.2) is 0 Å². The van der Waals surface area contributed by atoms with Crippen molar-refractivity contribution in [1.29, 1.82) is 0 Å². The fraction of sp³-hybridized carbons (Fsp3) is 0. The second-order valence-corrected chi connectivity index (χ2v) is 5.11. The highest BCUT2D eigenvalue weighted by Crippen LogP contribution is 3.02. The Balaban J connectivity index is 3.62. The van der Waals surface area contributed by atoms with Crippen molar-refractivity contribution in [3.63, 3.8) is 0 Å². The van der Waals surface area contributed by atoms with Crippen molar-refractivity contribution in [2.45, 2.75) is 4.90 Å². The van der Waals surface area contributed by atoms with E-state index in [0.717, 1.165) is 0 Å². The van der Waals surface area contributed by atoms with Crippen LogP contribution < -0.4 is 4.94 Å². The topological polar surface area (TPSA) is 9.23 Å². The Morgan fingerprint density at radius 3 is 1.50 bits per heavy atom. The summed E-state index contributed by atoms with van der Waals surface area (Å²) in [6.45, 7) is 0. The molecule has 1 nitrogen and oxygen atoms in total. The molecule has 0 atom stereocenters. The molecule has 0 heterocycles. The molecule has 10 heteroatoms. The predicted octanol–water partition coefficient (Wildman–Crippen LogP) is 4.89. The molecule has 0 radical (unpaired) electrons. The van der Waals surface area contributed by atoms with Crippen LogP contribution in [0.1, 0.15) is 0 Å². The molecular formula is C6H2F8OS. The molecule has 0 unspecified atom stereocenters. The molecule has 1 aromatic carbocycles. The number of hydrogen-bond donors (Lipinski definition) is 0. The van der Waals surface area contributed by atoms with E-state index in [0.29, 0.717) is 0 Å². The van der Waals surface area contributed by atoms with Crippen molar-refractivity contribution < 1.29 is 37.7 Å². The number of halogens is 8. The summed E-state index contributed by atoms with van der Waals surface area (Å²) in [6, 6.07) is -0.674. The molecule has 0 bridgehead atoms. The minimum atomic E-state index is -10.5. The Morgan fingerprint density at radius 2 is 1.25 bits per heavy atom. The minimum absolute atomic E-state index is 0.337. The highest BCUT2D eigenvalue weighted by atomic mass is 32.5. The quantitative estimate of drug-likeness (QED) is 0.698. The highest BCUT2D eigenvalue weighted by Gasteiger charge is 2.69. The van der Waals surface area contributed by atoms with E-state index in [2.05, 4.69) is 4.94 Å². The molecule has 0 N–H and O–H groups in total. The van der Waals surface area contributed by atoms with Crippen molar-refractivity contribution in [2.75, 3.05) is 0 Å². The zero-order valence-electron chi connectivity index (χ0n) is 6.99. The summed E-state index contributed by atoms with van der Waals surface area (Å²) in [5.74, 6) is -6.58. The first-order valence-corrected chi connectivity index (χ1v) is 5.32. The minimum Gasteiger partial charge on any atom is -0.294 e. The molecule has 0 amide bonds. The van der Waals surface area contributed by atoms with Gasteiger partial charge in [0.05, 0.1) is 0 Å². The fourth-order valence-electron chi connectivity index (χ4n) is 0.950. The molecule has 94 valence electrons. The summed E-state index contributed by atoms with van der Waals surface area (Å²) in [4.78, 5) is -0.588. The number of hydrogen-bond acceptors (Lipinski definition) is 1. The Labute approximate surface area is 83.2 Å². The van der Waals surface area contributed by atoms with E-state index in [1.165, 1.54) is 0 Å². The van der Waals surface area contributed by atoms with E-state index in [1.807, 2.05) is 0 Å². The van der Waals surface area contributed by atoms with Crippen molar-refractivity contribution in [2.24, 2.45) is 0 Å². The van der Waals surface area contributed by atoms with E-state index < -0.39 is 32.5 Å². The van der Waals surface area contributed by atoms with Crippen LogP contribution in [0.2, 0.25) is 0 Å². The smallest absolute Gasteiger partial charge is 0.294 e. The van der Waals surface area contributed by atoms with Gasteiger partial charge in [0.15, 0.2) is 22.3 Å². The van der Waals surface area contributed by atoms with Crippen molar-refractivity contribution in [3.8, 4) is 5.75 Å². The third-order valence-corrected chi connectivity index (χ3v) is 2.61. The molecule has 0 aliphatic rings. The standard InChI is InChI=1S/C6H2F8OS/c7-4-1-3(15-9)2-5(8)6(4)16(10,11,12,13)14/h1-2H. The normalized spacial score (nSPS) is 16.5. The molecule has 1 aromatic rings. The lowest BCUT2D eigenvalue weighted by atomic mass is 10.3.